The minimum atomic E-state index is 0. The van der Waals surface area contributed by atoms with Crippen LogP contribution in [0.15, 0.2) is 22.2 Å². The monoisotopic (exact) mass is 434 g/mol. The van der Waals surface area contributed by atoms with Crippen LogP contribution in [0.4, 0.5) is 0 Å². The summed E-state index contributed by atoms with van der Waals surface area (Å²) < 4.78 is 5.19. The van der Waals surface area contributed by atoms with Gasteiger partial charge in [-0.2, -0.15) is 0 Å². The normalized spacial score (nSPS) is 11.0. The van der Waals surface area contributed by atoms with Crippen molar-refractivity contribution < 1.29 is 4.52 Å². The van der Waals surface area contributed by atoms with Gasteiger partial charge in [-0.15, -0.1) is 30.6 Å². The van der Waals surface area contributed by atoms with Gasteiger partial charge in [-0.1, -0.05) is 11.2 Å². The van der Waals surface area contributed by atoms with Crippen molar-refractivity contribution in [1.29, 1.82) is 0 Å². The maximum absolute atomic E-state index is 5.19. The number of aryl methyl sites for hydroxylation is 2. The van der Waals surface area contributed by atoms with Crippen LogP contribution in [0.5, 0.6) is 0 Å². The van der Waals surface area contributed by atoms with E-state index in [1.54, 1.807) is 0 Å². The average molecular weight is 434 g/mol. The van der Waals surface area contributed by atoms with Gasteiger partial charge in [0, 0.05) is 32.2 Å². The van der Waals surface area contributed by atoms with Crippen molar-refractivity contribution in [3.8, 4) is 0 Å². The lowest BCUT2D eigenvalue weighted by atomic mass is 10.1. The maximum atomic E-state index is 5.19. The lowest BCUT2D eigenvalue weighted by Crippen LogP contribution is -2.39. The first kappa shape index (κ1) is 21.9. The van der Waals surface area contributed by atoms with E-state index >= 15 is 0 Å². The van der Waals surface area contributed by atoms with Crippen molar-refractivity contribution in [2.45, 2.75) is 46.5 Å². The van der Waals surface area contributed by atoms with Crippen LogP contribution in [-0.2, 0) is 6.42 Å². The maximum Gasteiger partial charge on any atom is 0.193 e. The van der Waals surface area contributed by atoms with E-state index in [0.717, 1.165) is 62.7 Å². The van der Waals surface area contributed by atoms with Crippen molar-refractivity contribution in [3.63, 3.8) is 0 Å². The first-order valence-corrected chi connectivity index (χ1v) is 8.12. The van der Waals surface area contributed by atoms with Crippen LogP contribution in [0.1, 0.15) is 43.2 Å². The van der Waals surface area contributed by atoms with E-state index in [9.17, 15) is 0 Å². The van der Waals surface area contributed by atoms with E-state index in [-0.39, 0.29) is 24.0 Å². The van der Waals surface area contributed by atoms with Gasteiger partial charge in [-0.05, 0) is 46.5 Å². The summed E-state index contributed by atoms with van der Waals surface area (Å²) in [6.07, 6.45) is 6.06. The molecule has 1 rings (SSSR count). The number of aliphatic imine (C=N–C) groups is 1. The number of nitrogens with zero attached hydrogens (tertiary/aromatic N) is 3. The summed E-state index contributed by atoms with van der Waals surface area (Å²) in [5, 5.41) is 7.33. The second kappa shape index (κ2) is 12.4. The lowest BCUT2D eigenvalue weighted by Gasteiger charge is -2.21. The summed E-state index contributed by atoms with van der Waals surface area (Å²) in [5.74, 6) is 1.90. The second-order valence-electron chi connectivity index (χ2n) is 5.49. The Kier molecular flexibility index (Phi) is 11.8. The molecule has 23 heavy (non-hydrogen) atoms. The fourth-order valence-electron chi connectivity index (χ4n) is 2.35. The van der Waals surface area contributed by atoms with Gasteiger partial charge in [0.1, 0.15) is 5.76 Å². The molecule has 0 bridgehead atoms. The third kappa shape index (κ3) is 7.85. The second-order valence-corrected chi connectivity index (χ2v) is 5.49. The molecule has 0 aliphatic rings. The summed E-state index contributed by atoms with van der Waals surface area (Å²) in [6, 6.07) is 0. The molecule has 0 aromatic carbocycles. The fraction of sp³-hybridized carbons (Fsp3) is 0.647. The molecule has 0 amide bonds. The number of halogens is 1. The van der Waals surface area contributed by atoms with Crippen LogP contribution in [0, 0.1) is 13.8 Å². The molecule has 5 nitrogen and oxygen atoms in total. The minimum Gasteiger partial charge on any atom is -0.361 e. The predicted octanol–water partition coefficient (Wildman–Crippen LogP) is 3.71. The van der Waals surface area contributed by atoms with Crippen molar-refractivity contribution in [2.75, 3.05) is 26.7 Å². The van der Waals surface area contributed by atoms with Crippen LogP contribution in [0.3, 0.4) is 0 Å². The predicted molar refractivity (Wildman–Crippen MR) is 108 cm³/mol. The Bertz CT molecular complexity index is 465. The zero-order valence-electron chi connectivity index (χ0n) is 14.9. The fourth-order valence-corrected chi connectivity index (χ4v) is 2.35. The summed E-state index contributed by atoms with van der Waals surface area (Å²) in [5.41, 5.74) is 2.22. The smallest absolute Gasteiger partial charge is 0.193 e. The van der Waals surface area contributed by atoms with E-state index < -0.39 is 0 Å². The third-order valence-corrected chi connectivity index (χ3v) is 3.63. The van der Waals surface area contributed by atoms with E-state index in [4.69, 9.17) is 9.52 Å². The Labute approximate surface area is 157 Å². The molecule has 0 radical (unpaired) electrons. The van der Waals surface area contributed by atoms with E-state index in [1.807, 2.05) is 19.9 Å². The third-order valence-electron chi connectivity index (χ3n) is 3.63. The van der Waals surface area contributed by atoms with Crippen LogP contribution in [-0.4, -0.2) is 42.7 Å². The summed E-state index contributed by atoms with van der Waals surface area (Å²) in [7, 11) is 2.08. The van der Waals surface area contributed by atoms with Crippen molar-refractivity contribution in [1.82, 2.24) is 15.4 Å². The number of rotatable bonds is 9. The van der Waals surface area contributed by atoms with Crippen LogP contribution >= 0.6 is 24.0 Å². The minimum absolute atomic E-state index is 0. The number of guanidine groups is 1. The van der Waals surface area contributed by atoms with Gasteiger partial charge in [0.25, 0.3) is 0 Å². The van der Waals surface area contributed by atoms with Crippen molar-refractivity contribution in [2.24, 2.45) is 4.99 Å². The first-order chi connectivity index (χ1) is 10.6. The molecule has 1 aromatic rings. The zero-order valence-corrected chi connectivity index (χ0v) is 17.2. The molecule has 1 aromatic heterocycles. The van der Waals surface area contributed by atoms with E-state index in [1.165, 1.54) is 5.56 Å². The number of aromatic nitrogens is 1. The average Bonchev–Trinajstić information content (AvgIpc) is 2.82. The molecular formula is C17H31IN4O. The highest BCUT2D eigenvalue weighted by Crippen LogP contribution is 2.14. The van der Waals surface area contributed by atoms with Gasteiger partial charge < -0.3 is 14.7 Å². The van der Waals surface area contributed by atoms with Crippen molar-refractivity contribution in [3.05, 3.63) is 29.7 Å². The van der Waals surface area contributed by atoms with Crippen LogP contribution in [0.2, 0.25) is 0 Å². The number of hydrogen-bond acceptors (Lipinski definition) is 3. The first-order valence-electron chi connectivity index (χ1n) is 8.12. The summed E-state index contributed by atoms with van der Waals surface area (Å²) in [6.45, 7) is 12.5. The van der Waals surface area contributed by atoms with Gasteiger partial charge in [0.2, 0.25) is 0 Å². The highest BCUT2D eigenvalue weighted by molar-refractivity contribution is 14.0. The van der Waals surface area contributed by atoms with Crippen LogP contribution in [0.25, 0.3) is 0 Å². The largest absolute Gasteiger partial charge is 0.361 e. The molecular weight excluding hydrogens is 403 g/mol. The Hall–Kier alpha value is -1.05. The van der Waals surface area contributed by atoms with E-state index in [0.29, 0.717) is 0 Å². The van der Waals surface area contributed by atoms with Gasteiger partial charge in [-0.3, -0.25) is 4.99 Å². The summed E-state index contributed by atoms with van der Waals surface area (Å²) in [4.78, 5) is 6.89. The van der Waals surface area contributed by atoms with Crippen LogP contribution < -0.4 is 5.32 Å². The molecule has 132 valence electrons. The number of unbranched alkanes of at least 4 members (excludes halogenated alkanes) is 1. The molecule has 6 heteroatoms. The van der Waals surface area contributed by atoms with E-state index in [2.05, 4.69) is 35.9 Å². The van der Waals surface area contributed by atoms with Gasteiger partial charge in [0.15, 0.2) is 5.96 Å². The Morgan fingerprint density at radius 1 is 1.39 bits per heavy atom. The Balaban J connectivity index is 0.00000484. The highest BCUT2D eigenvalue weighted by Gasteiger charge is 2.08. The number of nitrogens with one attached hydrogen (secondary N) is 1. The quantitative estimate of drug-likeness (QED) is 0.212. The molecule has 0 spiro atoms. The number of hydrogen-bond donors (Lipinski definition) is 1. The standard InChI is InChI=1S/C17H30N4O.HI/c1-6-8-9-13-21(5)17(18-7-2)19-12-10-11-16-14(3)20-22-15(16)4;/h6H,1,7-13H2,2-5H3,(H,18,19);1H. The molecule has 1 heterocycles. The topological polar surface area (TPSA) is 53.7 Å². The Morgan fingerprint density at radius 3 is 2.70 bits per heavy atom. The molecule has 0 saturated heterocycles. The summed E-state index contributed by atoms with van der Waals surface area (Å²) >= 11 is 0. The molecule has 0 aliphatic heterocycles. The molecule has 0 fully saturated rings. The lowest BCUT2D eigenvalue weighted by molar-refractivity contribution is 0.392. The zero-order chi connectivity index (χ0) is 16.4. The van der Waals surface area contributed by atoms with Gasteiger partial charge >= 0.3 is 0 Å². The van der Waals surface area contributed by atoms with Gasteiger partial charge in [-0.25, -0.2) is 0 Å². The highest BCUT2D eigenvalue weighted by atomic mass is 127. The molecule has 0 saturated carbocycles. The molecule has 0 atom stereocenters. The SMILES string of the molecule is C=CCCCN(C)C(=NCCCc1c(C)noc1C)NCC.I. The van der Waals surface area contributed by atoms with Gasteiger partial charge in [0.05, 0.1) is 5.69 Å². The van der Waals surface area contributed by atoms with Crippen molar-refractivity contribution >= 4 is 29.9 Å². The molecule has 0 unspecified atom stereocenters. The Morgan fingerprint density at radius 2 is 2.13 bits per heavy atom. The number of allylic oxidation sites excluding steroid dienone is 1. The molecule has 0 aliphatic carbocycles. The molecule has 1 N–H and O–H groups in total.